The molecule has 4 heteroatoms. The van der Waals surface area contributed by atoms with Gasteiger partial charge in [0, 0.05) is 44.0 Å². The van der Waals surface area contributed by atoms with Gasteiger partial charge in [-0.15, -0.1) is 0 Å². The van der Waals surface area contributed by atoms with E-state index in [1.165, 1.54) is 27.1 Å². The molecule has 0 amide bonds. The van der Waals surface area contributed by atoms with Gasteiger partial charge in [-0.1, -0.05) is 115 Å². The molecule has 0 fully saturated rings. The minimum atomic E-state index is 0.911. The Bertz CT molecular complexity index is 3140. The van der Waals surface area contributed by atoms with Crippen molar-refractivity contribution in [2.75, 3.05) is 0 Å². The summed E-state index contributed by atoms with van der Waals surface area (Å²) in [5, 5.41) is 7.10. The maximum Gasteiger partial charge on any atom is 0.146 e. The molecule has 3 aromatic heterocycles. The van der Waals surface area contributed by atoms with Gasteiger partial charge in [-0.3, -0.25) is 4.57 Å². The zero-order valence-electron chi connectivity index (χ0n) is 27.5. The molecule has 0 spiro atoms. The predicted octanol–water partition coefficient (Wildman–Crippen LogP) is 12.5. The highest BCUT2D eigenvalue weighted by Gasteiger charge is 2.19. The SMILES string of the molecule is c1ccc2c(-c3nc4ccccc4n3-c3ccc(-n4c5ccccc5c5cc(-c6cccc7c6oc6ccccc67)ccc54)cc3)cccc2c1. The third-order valence-corrected chi connectivity index (χ3v) is 10.3. The van der Waals surface area contributed by atoms with Crippen molar-refractivity contribution in [3.63, 3.8) is 0 Å². The van der Waals surface area contributed by atoms with Crippen LogP contribution in [0.4, 0.5) is 0 Å². The van der Waals surface area contributed by atoms with E-state index in [1.807, 2.05) is 12.1 Å². The lowest BCUT2D eigenvalue weighted by Crippen LogP contribution is -2.00. The van der Waals surface area contributed by atoms with Crippen molar-refractivity contribution in [2.24, 2.45) is 0 Å². The number of fused-ring (bicyclic) bond motifs is 8. The van der Waals surface area contributed by atoms with Crippen LogP contribution in [-0.4, -0.2) is 14.1 Å². The maximum absolute atomic E-state index is 6.43. The number of para-hydroxylation sites is 5. The number of hydrogen-bond donors (Lipinski definition) is 0. The third-order valence-electron chi connectivity index (χ3n) is 10.3. The molecule has 0 saturated heterocycles. The normalized spacial score (nSPS) is 11.9. The minimum Gasteiger partial charge on any atom is -0.455 e. The molecule has 0 N–H and O–H groups in total. The summed E-state index contributed by atoms with van der Waals surface area (Å²) in [5.74, 6) is 0.935. The van der Waals surface area contributed by atoms with Crippen LogP contribution in [0, 0.1) is 0 Å². The van der Waals surface area contributed by atoms with Gasteiger partial charge in [-0.2, -0.15) is 0 Å². The average Bonchev–Trinajstić information content (AvgIpc) is 3.87. The second-order valence-corrected chi connectivity index (χ2v) is 13.2. The lowest BCUT2D eigenvalue weighted by molar-refractivity contribution is 0.670. The minimum absolute atomic E-state index is 0.911. The number of rotatable bonds is 4. The fourth-order valence-corrected chi connectivity index (χ4v) is 8.03. The predicted molar refractivity (Wildman–Crippen MR) is 211 cm³/mol. The number of imidazole rings is 1. The fourth-order valence-electron chi connectivity index (χ4n) is 8.03. The van der Waals surface area contributed by atoms with Gasteiger partial charge < -0.3 is 8.98 Å². The Hall–Kier alpha value is -6.91. The molecule has 0 aliphatic heterocycles. The van der Waals surface area contributed by atoms with Gasteiger partial charge in [0.1, 0.15) is 17.0 Å². The second-order valence-electron chi connectivity index (χ2n) is 13.2. The van der Waals surface area contributed by atoms with Crippen molar-refractivity contribution in [2.45, 2.75) is 0 Å². The van der Waals surface area contributed by atoms with Crippen LogP contribution >= 0.6 is 0 Å². The van der Waals surface area contributed by atoms with Crippen LogP contribution in [0.3, 0.4) is 0 Å². The number of aromatic nitrogens is 3. The number of nitrogens with zero attached hydrogens (tertiary/aromatic N) is 3. The zero-order valence-corrected chi connectivity index (χ0v) is 27.5. The Labute approximate surface area is 293 Å². The molecule has 0 aliphatic carbocycles. The Morgan fingerprint density at radius 1 is 0.412 bits per heavy atom. The lowest BCUT2D eigenvalue weighted by Gasteiger charge is -2.13. The Morgan fingerprint density at radius 3 is 1.92 bits per heavy atom. The van der Waals surface area contributed by atoms with Crippen LogP contribution in [0.15, 0.2) is 180 Å². The summed E-state index contributed by atoms with van der Waals surface area (Å²) in [6, 6.07) is 62.5. The third kappa shape index (κ3) is 4.17. The molecular weight excluding hydrogens is 623 g/mol. The van der Waals surface area contributed by atoms with E-state index in [9.17, 15) is 0 Å². The molecule has 0 atom stereocenters. The quantitative estimate of drug-likeness (QED) is 0.190. The zero-order chi connectivity index (χ0) is 33.5. The fraction of sp³-hybridized carbons (Fsp3) is 0. The van der Waals surface area contributed by atoms with Gasteiger partial charge in [-0.05, 0) is 77.0 Å². The number of hydrogen-bond acceptors (Lipinski definition) is 2. The first-order chi connectivity index (χ1) is 25.3. The lowest BCUT2D eigenvalue weighted by atomic mass is 10.0. The first kappa shape index (κ1) is 28.0. The van der Waals surface area contributed by atoms with Crippen molar-refractivity contribution in [1.82, 2.24) is 14.1 Å². The van der Waals surface area contributed by atoms with Crippen molar-refractivity contribution in [1.29, 1.82) is 0 Å². The average molecular weight is 652 g/mol. The van der Waals surface area contributed by atoms with E-state index in [0.29, 0.717) is 0 Å². The molecule has 3 heterocycles. The molecule has 0 bridgehead atoms. The molecule has 4 nitrogen and oxygen atoms in total. The molecule has 11 rings (SSSR count). The maximum atomic E-state index is 6.43. The van der Waals surface area contributed by atoms with E-state index < -0.39 is 0 Å². The van der Waals surface area contributed by atoms with Gasteiger partial charge in [0.05, 0.1) is 22.1 Å². The summed E-state index contributed by atoms with van der Waals surface area (Å²) >= 11 is 0. The van der Waals surface area contributed by atoms with Gasteiger partial charge in [0.25, 0.3) is 0 Å². The van der Waals surface area contributed by atoms with Gasteiger partial charge in [-0.25, -0.2) is 4.98 Å². The molecule has 8 aromatic carbocycles. The highest BCUT2D eigenvalue weighted by molar-refractivity contribution is 6.13. The summed E-state index contributed by atoms with van der Waals surface area (Å²) in [4.78, 5) is 5.18. The summed E-state index contributed by atoms with van der Waals surface area (Å²) < 4.78 is 11.1. The van der Waals surface area contributed by atoms with Crippen LogP contribution in [-0.2, 0) is 0 Å². The molecule has 0 unspecified atom stereocenters. The Kier molecular flexibility index (Phi) is 5.92. The summed E-state index contributed by atoms with van der Waals surface area (Å²) in [5.41, 5.74) is 11.7. The topological polar surface area (TPSA) is 35.9 Å². The Morgan fingerprint density at radius 2 is 1.04 bits per heavy atom. The molecular formula is C47H29N3O. The summed E-state index contributed by atoms with van der Waals surface area (Å²) in [7, 11) is 0. The van der Waals surface area contributed by atoms with E-state index in [1.54, 1.807) is 0 Å². The second kappa shape index (κ2) is 10.8. The number of furan rings is 1. The van der Waals surface area contributed by atoms with Crippen LogP contribution in [0.25, 0.3) is 99.4 Å². The van der Waals surface area contributed by atoms with E-state index in [2.05, 4.69) is 173 Å². The van der Waals surface area contributed by atoms with Crippen molar-refractivity contribution < 1.29 is 4.42 Å². The van der Waals surface area contributed by atoms with Crippen LogP contribution in [0.2, 0.25) is 0 Å². The summed E-state index contributed by atoms with van der Waals surface area (Å²) in [6.45, 7) is 0. The molecule has 51 heavy (non-hydrogen) atoms. The van der Waals surface area contributed by atoms with Crippen LogP contribution in [0.1, 0.15) is 0 Å². The van der Waals surface area contributed by atoms with Gasteiger partial charge >= 0.3 is 0 Å². The highest BCUT2D eigenvalue weighted by Crippen LogP contribution is 2.40. The molecule has 238 valence electrons. The van der Waals surface area contributed by atoms with Gasteiger partial charge in [0.2, 0.25) is 0 Å². The van der Waals surface area contributed by atoms with E-state index in [0.717, 1.165) is 72.4 Å². The van der Waals surface area contributed by atoms with E-state index >= 15 is 0 Å². The van der Waals surface area contributed by atoms with Crippen molar-refractivity contribution >= 4 is 65.6 Å². The van der Waals surface area contributed by atoms with Crippen molar-refractivity contribution in [3.05, 3.63) is 176 Å². The van der Waals surface area contributed by atoms with Gasteiger partial charge in [0.15, 0.2) is 0 Å². The first-order valence-corrected chi connectivity index (χ1v) is 17.3. The first-order valence-electron chi connectivity index (χ1n) is 17.3. The number of benzene rings is 8. The molecule has 11 aromatic rings. The van der Waals surface area contributed by atoms with Crippen LogP contribution < -0.4 is 0 Å². The molecule has 0 aliphatic rings. The molecule has 0 radical (unpaired) electrons. The van der Waals surface area contributed by atoms with E-state index in [-0.39, 0.29) is 0 Å². The van der Waals surface area contributed by atoms with E-state index in [4.69, 9.17) is 9.40 Å². The van der Waals surface area contributed by atoms with Crippen molar-refractivity contribution in [3.8, 4) is 33.9 Å². The summed E-state index contributed by atoms with van der Waals surface area (Å²) in [6.07, 6.45) is 0. The Balaban J connectivity index is 1.07. The largest absolute Gasteiger partial charge is 0.455 e. The smallest absolute Gasteiger partial charge is 0.146 e. The highest BCUT2D eigenvalue weighted by atomic mass is 16.3. The monoisotopic (exact) mass is 651 g/mol. The standard InChI is InChI=1S/C47H29N3O/c1-2-13-34-30(11-1)12-9-18-39(34)47-48-41-19-5-7-21-44(41)50(47)33-26-24-32(25-27-33)49-42-20-6-3-14-36(42)40-29-31(23-28-43(40)49)35-16-10-17-38-37-15-4-8-22-45(37)51-46(35)38/h1-29H. The van der Waals surface area contributed by atoms with Crippen LogP contribution in [0.5, 0.6) is 0 Å². The molecule has 0 saturated carbocycles.